The maximum Gasteiger partial charge on any atom is 0.107 e. The summed E-state index contributed by atoms with van der Waals surface area (Å²) in [5.74, 6) is 1.11. The van der Waals surface area contributed by atoms with E-state index in [0.717, 1.165) is 23.3 Å². The number of hydrogen-bond donors (Lipinski definition) is 1. The Bertz CT molecular complexity index is 485. The van der Waals surface area contributed by atoms with Gasteiger partial charge in [0.1, 0.15) is 5.82 Å². The van der Waals surface area contributed by atoms with Crippen molar-refractivity contribution in [3.8, 4) is 0 Å². The molecule has 0 fully saturated rings. The Kier molecular flexibility index (Phi) is 8.00. The zero-order chi connectivity index (χ0) is 15.5. The molecule has 3 heteroatoms. The maximum atomic E-state index is 4.60. The monoisotopic (exact) mass is 301 g/mol. The summed E-state index contributed by atoms with van der Waals surface area (Å²) in [5.41, 5.74) is 2.09. The van der Waals surface area contributed by atoms with Gasteiger partial charge >= 0.3 is 0 Å². The standard InChI is InChI=1S/C19H31N3/c1-2-3-4-5-6-7-8-9-10-11-12-13-19-21-17-14-15-20-16-18(17)22-19/h14-16H,2-13H2,1H3,(H,21,22). The van der Waals surface area contributed by atoms with E-state index < -0.39 is 0 Å². The van der Waals surface area contributed by atoms with E-state index in [4.69, 9.17) is 0 Å². The molecule has 0 aliphatic carbocycles. The van der Waals surface area contributed by atoms with Crippen LogP contribution in [0.3, 0.4) is 0 Å². The quantitative estimate of drug-likeness (QED) is 0.502. The van der Waals surface area contributed by atoms with E-state index in [1.54, 1.807) is 6.20 Å². The lowest BCUT2D eigenvalue weighted by Gasteiger charge is -2.02. The smallest absolute Gasteiger partial charge is 0.107 e. The topological polar surface area (TPSA) is 41.6 Å². The molecule has 3 nitrogen and oxygen atoms in total. The van der Waals surface area contributed by atoms with Crippen LogP contribution in [-0.2, 0) is 6.42 Å². The third-order valence-corrected chi connectivity index (χ3v) is 4.35. The number of aryl methyl sites for hydroxylation is 1. The van der Waals surface area contributed by atoms with E-state index in [0.29, 0.717) is 0 Å². The van der Waals surface area contributed by atoms with Crippen LogP contribution < -0.4 is 0 Å². The number of imidazole rings is 1. The number of aromatic amines is 1. The first-order chi connectivity index (χ1) is 10.9. The van der Waals surface area contributed by atoms with Gasteiger partial charge in [-0.2, -0.15) is 0 Å². The second-order valence-corrected chi connectivity index (χ2v) is 6.36. The molecular formula is C19H31N3. The molecule has 1 N–H and O–H groups in total. The Labute approximate surface area is 135 Å². The molecule has 0 amide bonds. The summed E-state index contributed by atoms with van der Waals surface area (Å²) in [6.45, 7) is 2.28. The van der Waals surface area contributed by atoms with E-state index in [-0.39, 0.29) is 0 Å². The fourth-order valence-corrected chi connectivity index (χ4v) is 2.98. The second kappa shape index (κ2) is 10.4. The average Bonchev–Trinajstić information content (AvgIpc) is 2.95. The van der Waals surface area contributed by atoms with Crippen LogP contribution in [0.5, 0.6) is 0 Å². The van der Waals surface area contributed by atoms with E-state index >= 15 is 0 Å². The molecule has 0 saturated heterocycles. The van der Waals surface area contributed by atoms with Crippen molar-refractivity contribution in [1.29, 1.82) is 0 Å². The van der Waals surface area contributed by atoms with Crippen LogP contribution in [0, 0.1) is 0 Å². The van der Waals surface area contributed by atoms with Gasteiger partial charge in [0.2, 0.25) is 0 Å². The van der Waals surface area contributed by atoms with Crippen LogP contribution in [-0.4, -0.2) is 15.0 Å². The van der Waals surface area contributed by atoms with Crippen molar-refractivity contribution in [2.45, 2.75) is 84.0 Å². The fraction of sp³-hybridized carbons (Fsp3) is 0.684. The molecule has 0 unspecified atom stereocenters. The first-order valence-corrected chi connectivity index (χ1v) is 9.18. The highest BCUT2D eigenvalue weighted by Crippen LogP contribution is 2.14. The van der Waals surface area contributed by atoms with Crippen LogP contribution in [0.4, 0.5) is 0 Å². The molecule has 122 valence electrons. The normalized spacial score (nSPS) is 11.3. The van der Waals surface area contributed by atoms with Crippen LogP contribution in [0.2, 0.25) is 0 Å². The molecule has 0 aliphatic rings. The van der Waals surface area contributed by atoms with Gasteiger partial charge in [0.15, 0.2) is 0 Å². The zero-order valence-corrected chi connectivity index (χ0v) is 14.1. The minimum absolute atomic E-state index is 1.04. The summed E-state index contributed by atoms with van der Waals surface area (Å²) < 4.78 is 0. The van der Waals surface area contributed by atoms with E-state index in [1.165, 1.54) is 70.6 Å². The Balaban J connectivity index is 1.46. The number of H-pyrrole nitrogens is 1. The lowest BCUT2D eigenvalue weighted by molar-refractivity contribution is 0.548. The number of unbranched alkanes of at least 4 members (excludes halogenated alkanes) is 10. The number of pyridine rings is 1. The molecule has 0 radical (unpaired) electrons. The van der Waals surface area contributed by atoms with Gasteiger partial charge in [-0.3, -0.25) is 4.98 Å². The maximum absolute atomic E-state index is 4.60. The molecule has 2 rings (SSSR count). The third kappa shape index (κ3) is 6.17. The van der Waals surface area contributed by atoms with Gasteiger partial charge in [-0.05, 0) is 12.5 Å². The Hall–Kier alpha value is -1.38. The summed E-state index contributed by atoms with van der Waals surface area (Å²) >= 11 is 0. The predicted molar refractivity (Wildman–Crippen MR) is 94.1 cm³/mol. The molecule has 0 spiro atoms. The van der Waals surface area contributed by atoms with E-state index in [1.807, 2.05) is 12.3 Å². The van der Waals surface area contributed by atoms with Gasteiger partial charge in [0.05, 0.1) is 17.2 Å². The Morgan fingerprint density at radius 1 is 0.864 bits per heavy atom. The van der Waals surface area contributed by atoms with Gasteiger partial charge in [-0.25, -0.2) is 4.98 Å². The average molecular weight is 301 g/mol. The number of rotatable bonds is 12. The van der Waals surface area contributed by atoms with Crippen LogP contribution in [0.15, 0.2) is 18.5 Å². The number of hydrogen-bond acceptors (Lipinski definition) is 2. The Morgan fingerprint density at radius 2 is 1.50 bits per heavy atom. The van der Waals surface area contributed by atoms with Gasteiger partial charge in [-0.15, -0.1) is 0 Å². The molecule has 0 aromatic carbocycles. The van der Waals surface area contributed by atoms with Crippen molar-refractivity contribution in [2.24, 2.45) is 0 Å². The van der Waals surface area contributed by atoms with Crippen LogP contribution >= 0.6 is 0 Å². The molecule has 0 aliphatic heterocycles. The number of nitrogens with one attached hydrogen (secondary N) is 1. The highest BCUT2D eigenvalue weighted by molar-refractivity contribution is 5.73. The largest absolute Gasteiger partial charge is 0.341 e. The van der Waals surface area contributed by atoms with E-state index in [9.17, 15) is 0 Å². The molecule has 2 aromatic heterocycles. The molecule has 2 heterocycles. The zero-order valence-electron chi connectivity index (χ0n) is 14.1. The Morgan fingerprint density at radius 3 is 2.14 bits per heavy atom. The van der Waals surface area contributed by atoms with E-state index in [2.05, 4.69) is 21.9 Å². The van der Waals surface area contributed by atoms with Crippen molar-refractivity contribution in [1.82, 2.24) is 15.0 Å². The molecular weight excluding hydrogens is 270 g/mol. The molecule has 2 aromatic rings. The summed E-state index contributed by atoms with van der Waals surface area (Å²) in [4.78, 5) is 12.1. The highest BCUT2D eigenvalue weighted by Gasteiger charge is 2.01. The third-order valence-electron chi connectivity index (χ3n) is 4.35. The lowest BCUT2D eigenvalue weighted by Crippen LogP contribution is -1.88. The lowest BCUT2D eigenvalue weighted by atomic mass is 10.1. The summed E-state index contributed by atoms with van der Waals surface area (Å²) in [7, 11) is 0. The second-order valence-electron chi connectivity index (χ2n) is 6.36. The SMILES string of the molecule is CCCCCCCCCCCCCc1nc2ccncc2[nH]1. The van der Waals surface area contributed by atoms with Crippen LogP contribution in [0.25, 0.3) is 11.0 Å². The molecule has 22 heavy (non-hydrogen) atoms. The summed E-state index contributed by atoms with van der Waals surface area (Å²) in [6, 6.07) is 1.97. The number of nitrogens with zero attached hydrogens (tertiary/aromatic N) is 2. The van der Waals surface area contributed by atoms with Gasteiger partial charge in [-0.1, -0.05) is 71.1 Å². The molecule has 0 bridgehead atoms. The first-order valence-electron chi connectivity index (χ1n) is 9.18. The van der Waals surface area contributed by atoms with Crippen molar-refractivity contribution >= 4 is 11.0 Å². The van der Waals surface area contributed by atoms with Gasteiger partial charge in [0.25, 0.3) is 0 Å². The van der Waals surface area contributed by atoms with Gasteiger partial charge in [0, 0.05) is 12.6 Å². The molecule has 0 atom stereocenters. The highest BCUT2D eigenvalue weighted by atomic mass is 14.9. The van der Waals surface area contributed by atoms with Crippen molar-refractivity contribution < 1.29 is 0 Å². The fourth-order valence-electron chi connectivity index (χ4n) is 2.98. The molecule has 0 saturated carbocycles. The van der Waals surface area contributed by atoms with Crippen molar-refractivity contribution in [3.05, 3.63) is 24.3 Å². The van der Waals surface area contributed by atoms with Crippen molar-refractivity contribution in [2.75, 3.05) is 0 Å². The number of aromatic nitrogens is 3. The van der Waals surface area contributed by atoms with Crippen LogP contribution in [0.1, 0.15) is 83.4 Å². The summed E-state index contributed by atoms with van der Waals surface area (Å²) in [6.07, 6.45) is 20.0. The van der Waals surface area contributed by atoms with Gasteiger partial charge < -0.3 is 4.98 Å². The first kappa shape index (κ1) is 17.0. The number of fused-ring (bicyclic) bond motifs is 1. The minimum atomic E-state index is 1.04. The summed E-state index contributed by atoms with van der Waals surface area (Å²) in [5, 5.41) is 0. The predicted octanol–water partition coefficient (Wildman–Crippen LogP) is 5.81. The minimum Gasteiger partial charge on any atom is -0.341 e. The van der Waals surface area contributed by atoms with Crippen molar-refractivity contribution in [3.63, 3.8) is 0 Å².